The van der Waals surface area contributed by atoms with Gasteiger partial charge in [-0.25, -0.2) is 13.4 Å². The molecule has 2 heterocycles. The minimum atomic E-state index is -3.53. The maximum atomic E-state index is 12.4. The van der Waals surface area contributed by atoms with E-state index in [0.29, 0.717) is 38.2 Å². The van der Waals surface area contributed by atoms with Gasteiger partial charge in [0, 0.05) is 25.3 Å². The van der Waals surface area contributed by atoms with Crippen molar-refractivity contribution in [3.63, 3.8) is 0 Å². The molecule has 2 N–H and O–H groups in total. The van der Waals surface area contributed by atoms with Gasteiger partial charge in [0.15, 0.2) is 0 Å². The summed E-state index contributed by atoms with van der Waals surface area (Å²) >= 11 is 0. The zero-order valence-corrected chi connectivity index (χ0v) is 13.5. The van der Waals surface area contributed by atoms with Crippen LogP contribution in [0.15, 0.2) is 23.2 Å². The topological polar surface area (TPSA) is 101 Å². The van der Waals surface area contributed by atoms with Crippen LogP contribution in [0, 0.1) is 0 Å². The summed E-state index contributed by atoms with van der Waals surface area (Å²) in [6, 6.07) is 3.38. The number of morpholine rings is 1. The van der Waals surface area contributed by atoms with E-state index in [0.717, 1.165) is 12.8 Å². The van der Waals surface area contributed by atoms with Crippen LogP contribution in [0.25, 0.3) is 0 Å². The first-order valence-electron chi connectivity index (χ1n) is 7.63. The summed E-state index contributed by atoms with van der Waals surface area (Å²) in [4.78, 5) is 15.8. The number of rotatable bonds is 6. The van der Waals surface area contributed by atoms with E-state index >= 15 is 0 Å². The van der Waals surface area contributed by atoms with Gasteiger partial charge in [-0.2, -0.15) is 4.31 Å². The summed E-state index contributed by atoms with van der Waals surface area (Å²) in [6.45, 7) is 1.64. The summed E-state index contributed by atoms with van der Waals surface area (Å²) in [5.74, 6) is 0.385. The number of nitrogens with one attached hydrogen (secondary N) is 2. The van der Waals surface area contributed by atoms with Crippen LogP contribution >= 0.6 is 0 Å². The molecule has 2 aliphatic rings. The van der Waals surface area contributed by atoms with Crippen molar-refractivity contribution in [3.05, 3.63) is 18.3 Å². The Bertz CT molecular complexity index is 652. The molecule has 126 valence electrons. The lowest BCUT2D eigenvalue weighted by Gasteiger charge is -2.25. The number of amides is 1. The first-order chi connectivity index (χ1) is 11.1. The molecule has 9 heteroatoms. The fraction of sp³-hybridized carbons (Fsp3) is 0.571. The van der Waals surface area contributed by atoms with Gasteiger partial charge in [0.1, 0.15) is 10.7 Å². The smallest absolute Gasteiger partial charge is 0.244 e. The molecule has 1 saturated carbocycles. The SMILES string of the molecule is O=C(CNc1ccc(S(=O)(=O)N2CCOCC2)cn1)NC1CC1. The maximum absolute atomic E-state index is 12.4. The van der Waals surface area contributed by atoms with Crippen LogP contribution in [-0.4, -0.2) is 62.5 Å². The summed E-state index contributed by atoms with van der Waals surface area (Å²) in [5.41, 5.74) is 0. The van der Waals surface area contributed by atoms with Crippen LogP contribution in [-0.2, 0) is 19.6 Å². The number of carbonyl (C=O) groups is 1. The van der Waals surface area contributed by atoms with E-state index in [9.17, 15) is 13.2 Å². The lowest BCUT2D eigenvalue weighted by Crippen LogP contribution is -2.40. The minimum Gasteiger partial charge on any atom is -0.379 e. The second-order valence-electron chi connectivity index (χ2n) is 5.59. The first-order valence-corrected chi connectivity index (χ1v) is 9.07. The van der Waals surface area contributed by atoms with Gasteiger partial charge in [0.05, 0.1) is 19.8 Å². The minimum absolute atomic E-state index is 0.0840. The van der Waals surface area contributed by atoms with E-state index in [1.54, 1.807) is 6.07 Å². The van der Waals surface area contributed by atoms with Crippen molar-refractivity contribution in [1.82, 2.24) is 14.6 Å². The molecule has 23 heavy (non-hydrogen) atoms. The molecule has 0 radical (unpaired) electrons. The highest BCUT2D eigenvalue weighted by molar-refractivity contribution is 7.89. The van der Waals surface area contributed by atoms with Gasteiger partial charge >= 0.3 is 0 Å². The number of nitrogens with zero attached hydrogens (tertiary/aromatic N) is 2. The third kappa shape index (κ3) is 4.18. The highest BCUT2D eigenvalue weighted by atomic mass is 32.2. The third-order valence-corrected chi connectivity index (χ3v) is 5.60. The molecule has 0 spiro atoms. The zero-order valence-electron chi connectivity index (χ0n) is 12.7. The molecule has 1 aliphatic heterocycles. The molecular formula is C14H20N4O4S. The fourth-order valence-electron chi connectivity index (χ4n) is 2.25. The lowest BCUT2D eigenvalue weighted by molar-refractivity contribution is -0.119. The Kier molecular flexibility index (Phi) is 4.79. The lowest BCUT2D eigenvalue weighted by atomic mass is 10.4. The normalized spacial score (nSPS) is 19.3. The van der Waals surface area contributed by atoms with Crippen molar-refractivity contribution < 1.29 is 17.9 Å². The third-order valence-electron chi connectivity index (χ3n) is 3.72. The van der Waals surface area contributed by atoms with Gasteiger partial charge in [-0.15, -0.1) is 0 Å². The monoisotopic (exact) mass is 340 g/mol. The molecule has 1 saturated heterocycles. The predicted octanol–water partition coefficient (Wildman–Crippen LogP) is -0.207. The predicted molar refractivity (Wildman–Crippen MR) is 83.5 cm³/mol. The molecular weight excluding hydrogens is 320 g/mol. The summed E-state index contributed by atoms with van der Waals surface area (Å²) in [6.07, 6.45) is 3.39. The average molecular weight is 340 g/mol. The Balaban J connectivity index is 1.58. The molecule has 8 nitrogen and oxygen atoms in total. The molecule has 1 aliphatic carbocycles. The largest absolute Gasteiger partial charge is 0.379 e. The quantitative estimate of drug-likeness (QED) is 0.743. The summed E-state index contributed by atoms with van der Waals surface area (Å²) in [5, 5.41) is 5.74. The Morgan fingerprint density at radius 1 is 1.30 bits per heavy atom. The van der Waals surface area contributed by atoms with Gasteiger partial charge in [0.2, 0.25) is 15.9 Å². The second-order valence-corrected chi connectivity index (χ2v) is 7.53. The Hall–Kier alpha value is -1.71. The Morgan fingerprint density at radius 2 is 2.04 bits per heavy atom. The molecule has 0 aromatic carbocycles. The molecule has 1 amide bonds. The standard InChI is InChI=1S/C14H20N4O4S/c19-14(17-11-1-2-11)10-16-13-4-3-12(9-15-13)23(20,21)18-5-7-22-8-6-18/h3-4,9,11H,1-2,5-8,10H2,(H,15,16)(H,17,19). The van der Waals surface area contributed by atoms with E-state index < -0.39 is 10.0 Å². The van der Waals surface area contributed by atoms with E-state index in [-0.39, 0.29) is 17.3 Å². The highest BCUT2D eigenvalue weighted by Gasteiger charge is 2.26. The van der Waals surface area contributed by atoms with Crippen LogP contribution in [0.5, 0.6) is 0 Å². The molecule has 0 bridgehead atoms. The van der Waals surface area contributed by atoms with E-state index in [4.69, 9.17) is 4.74 Å². The molecule has 1 aromatic rings. The average Bonchev–Trinajstić information content (AvgIpc) is 3.38. The second kappa shape index (κ2) is 6.81. The van der Waals surface area contributed by atoms with Crippen molar-refractivity contribution in [2.75, 3.05) is 38.2 Å². The van der Waals surface area contributed by atoms with Gasteiger partial charge in [0.25, 0.3) is 0 Å². The maximum Gasteiger partial charge on any atom is 0.244 e. The van der Waals surface area contributed by atoms with E-state index in [1.165, 1.54) is 16.6 Å². The molecule has 3 rings (SSSR count). The highest BCUT2D eigenvalue weighted by Crippen LogP contribution is 2.19. The van der Waals surface area contributed by atoms with Crippen molar-refractivity contribution in [1.29, 1.82) is 0 Å². The number of ether oxygens (including phenoxy) is 1. The van der Waals surface area contributed by atoms with Crippen LogP contribution in [0.3, 0.4) is 0 Å². The molecule has 0 atom stereocenters. The molecule has 1 aromatic heterocycles. The first kappa shape index (κ1) is 16.2. The molecule has 0 unspecified atom stereocenters. The van der Waals surface area contributed by atoms with Crippen LogP contribution < -0.4 is 10.6 Å². The Labute approximate surface area is 135 Å². The number of pyridine rings is 1. The van der Waals surface area contributed by atoms with Crippen molar-refractivity contribution in [2.45, 2.75) is 23.8 Å². The summed E-state index contributed by atoms with van der Waals surface area (Å²) < 4.78 is 31.4. The number of hydrogen-bond acceptors (Lipinski definition) is 6. The molecule has 2 fully saturated rings. The van der Waals surface area contributed by atoms with E-state index in [1.807, 2.05) is 0 Å². The van der Waals surface area contributed by atoms with Crippen LogP contribution in [0.1, 0.15) is 12.8 Å². The van der Waals surface area contributed by atoms with Crippen molar-refractivity contribution in [3.8, 4) is 0 Å². The summed E-state index contributed by atoms with van der Waals surface area (Å²) in [7, 11) is -3.53. The number of carbonyl (C=O) groups excluding carboxylic acids is 1. The number of anilines is 1. The van der Waals surface area contributed by atoms with Crippen molar-refractivity contribution in [2.24, 2.45) is 0 Å². The zero-order chi connectivity index (χ0) is 16.3. The van der Waals surface area contributed by atoms with Gasteiger partial charge in [-0.1, -0.05) is 0 Å². The number of sulfonamides is 1. The van der Waals surface area contributed by atoms with Gasteiger partial charge < -0.3 is 15.4 Å². The fourth-order valence-corrected chi connectivity index (χ4v) is 3.60. The van der Waals surface area contributed by atoms with Gasteiger partial charge in [-0.3, -0.25) is 4.79 Å². The van der Waals surface area contributed by atoms with Crippen LogP contribution in [0.2, 0.25) is 0 Å². The Morgan fingerprint density at radius 3 is 2.65 bits per heavy atom. The van der Waals surface area contributed by atoms with Gasteiger partial charge in [-0.05, 0) is 25.0 Å². The van der Waals surface area contributed by atoms with Crippen molar-refractivity contribution >= 4 is 21.7 Å². The van der Waals surface area contributed by atoms with Crippen LogP contribution in [0.4, 0.5) is 5.82 Å². The number of hydrogen-bond donors (Lipinski definition) is 2. The number of aromatic nitrogens is 1. The van der Waals surface area contributed by atoms with E-state index in [2.05, 4.69) is 15.6 Å².